The molecule has 0 radical (unpaired) electrons. The summed E-state index contributed by atoms with van der Waals surface area (Å²) >= 11 is 1.63. The molecular weight excluding hydrogens is 349 g/mol. The number of fused-ring (bicyclic) bond motifs is 2. The van der Waals surface area contributed by atoms with Crippen molar-refractivity contribution in [1.82, 2.24) is 0 Å². The van der Waals surface area contributed by atoms with E-state index in [-0.39, 0.29) is 11.5 Å². The van der Waals surface area contributed by atoms with Gasteiger partial charge in [0.25, 0.3) is 0 Å². The number of nitrogens with zero attached hydrogens (tertiary/aromatic N) is 1. The lowest BCUT2D eigenvalue weighted by Crippen LogP contribution is -2.15. The number of ether oxygens (including phenoxy) is 1. The lowest BCUT2D eigenvalue weighted by Gasteiger charge is -2.29. The molecule has 1 heterocycles. The van der Waals surface area contributed by atoms with Gasteiger partial charge in [-0.25, -0.2) is 4.39 Å². The maximum absolute atomic E-state index is 13.9. The van der Waals surface area contributed by atoms with Crippen LogP contribution in [0.5, 0.6) is 5.75 Å². The molecular formula is C21H16FNO2S. The van der Waals surface area contributed by atoms with Crippen LogP contribution in [0.3, 0.4) is 0 Å². The van der Waals surface area contributed by atoms with Gasteiger partial charge in [0.15, 0.2) is 17.3 Å². The quantitative estimate of drug-likeness (QED) is 0.589. The van der Waals surface area contributed by atoms with Gasteiger partial charge in [-0.15, -0.1) is 0 Å². The maximum atomic E-state index is 13.9. The maximum Gasteiger partial charge on any atom is 0.193 e. The summed E-state index contributed by atoms with van der Waals surface area (Å²) in [6.07, 6.45) is 0. The molecule has 1 aliphatic rings. The van der Waals surface area contributed by atoms with Crippen LogP contribution in [-0.4, -0.2) is 19.9 Å². The van der Waals surface area contributed by atoms with Crippen molar-refractivity contribution in [2.24, 2.45) is 0 Å². The Hall–Kier alpha value is -2.79. The summed E-state index contributed by atoms with van der Waals surface area (Å²) < 4.78 is 18.8. The molecule has 0 N–H and O–H groups in total. The zero-order chi connectivity index (χ0) is 18.3. The minimum atomic E-state index is -0.542. The van der Waals surface area contributed by atoms with E-state index >= 15 is 0 Å². The smallest absolute Gasteiger partial charge is 0.193 e. The highest BCUT2D eigenvalue weighted by atomic mass is 32.2. The number of carbonyl (C=O) groups is 1. The molecule has 0 atom stereocenters. The Morgan fingerprint density at radius 3 is 2.42 bits per heavy atom. The first kappa shape index (κ1) is 16.7. The van der Waals surface area contributed by atoms with Gasteiger partial charge in [-0.05, 0) is 48.5 Å². The third-order valence-corrected chi connectivity index (χ3v) is 5.56. The number of halogens is 1. The lowest BCUT2D eigenvalue weighted by molar-refractivity contribution is 0.103. The van der Waals surface area contributed by atoms with Crippen LogP contribution in [0.4, 0.5) is 15.8 Å². The van der Waals surface area contributed by atoms with Crippen molar-refractivity contribution in [3.63, 3.8) is 0 Å². The molecule has 0 saturated heterocycles. The highest BCUT2D eigenvalue weighted by Gasteiger charge is 2.22. The van der Waals surface area contributed by atoms with E-state index in [2.05, 4.69) is 17.0 Å². The standard InChI is InChI=1S/C21H16FNO2S/c1-23-16-5-3-4-6-19(16)26-20-12-14(7-9-17(20)23)21(24)13-8-10-18(25-2)15(22)11-13/h3-12H,1-2H3. The molecule has 0 fully saturated rings. The SMILES string of the molecule is COc1ccc(C(=O)c2ccc3c(c2)Sc2ccccc2N3C)cc1F. The van der Waals surface area contributed by atoms with Gasteiger partial charge in [0.2, 0.25) is 0 Å². The van der Waals surface area contributed by atoms with E-state index < -0.39 is 5.82 Å². The summed E-state index contributed by atoms with van der Waals surface area (Å²) in [7, 11) is 3.41. The number of hydrogen-bond donors (Lipinski definition) is 0. The van der Waals surface area contributed by atoms with Crippen LogP contribution in [0.2, 0.25) is 0 Å². The van der Waals surface area contributed by atoms with Gasteiger partial charge in [0.05, 0.1) is 18.5 Å². The van der Waals surface area contributed by atoms with E-state index in [1.165, 1.54) is 19.2 Å². The highest BCUT2D eigenvalue weighted by molar-refractivity contribution is 7.99. The molecule has 0 spiro atoms. The molecule has 1 aliphatic heterocycles. The van der Waals surface area contributed by atoms with Gasteiger partial charge in [0, 0.05) is 28.0 Å². The topological polar surface area (TPSA) is 29.5 Å². The van der Waals surface area contributed by atoms with Crippen molar-refractivity contribution in [2.45, 2.75) is 9.79 Å². The predicted molar refractivity (Wildman–Crippen MR) is 101 cm³/mol. The Bertz CT molecular complexity index is 1020. The molecule has 0 bridgehead atoms. The second-order valence-corrected chi connectivity index (χ2v) is 7.07. The lowest BCUT2D eigenvalue weighted by atomic mass is 10.0. The van der Waals surface area contributed by atoms with Crippen molar-refractivity contribution in [1.29, 1.82) is 0 Å². The van der Waals surface area contributed by atoms with E-state index in [0.717, 1.165) is 21.2 Å². The average Bonchev–Trinajstić information content (AvgIpc) is 2.67. The second kappa shape index (κ2) is 6.50. The summed E-state index contributed by atoms with van der Waals surface area (Å²) in [6, 6.07) is 18.0. The molecule has 4 rings (SSSR count). The Kier molecular flexibility index (Phi) is 4.17. The van der Waals surface area contributed by atoms with Crippen LogP contribution in [0.25, 0.3) is 0 Å². The van der Waals surface area contributed by atoms with Crippen LogP contribution < -0.4 is 9.64 Å². The number of benzene rings is 3. The van der Waals surface area contributed by atoms with Crippen LogP contribution in [0, 0.1) is 5.82 Å². The molecule has 3 aromatic rings. The van der Waals surface area contributed by atoms with Crippen molar-refractivity contribution in [2.75, 3.05) is 19.1 Å². The zero-order valence-electron chi connectivity index (χ0n) is 14.3. The normalized spacial score (nSPS) is 12.3. The monoisotopic (exact) mass is 365 g/mol. The Morgan fingerprint density at radius 1 is 0.962 bits per heavy atom. The molecule has 0 aliphatic carbocycles. The molecule has 3 aromatic carbocycles. The molecule has 130 valence electrons. The third-order valence-electron chi connectivity index (χ3n) is 4.44. The van der Waals surface area contributed by atoms with E-state index in [4.69, 9.17) is 4.74 Å². The summed E-state index contributed by atoms with van der Waals surface area (Å²) in [5.41, 5.74) is 3.03. The average molecular weight is 365 g/mol. The first-order chi connectivity index (χ1) is 12.6. The fraction of sp³-hybridized carbons (Fsp3) is 0.0952. The van der Waals surface area contributed by atoms with Crippen LogP contribution in [0.1, 0.15) is 15.9 Å². The van der Waals surface area contributed by atoms with Crippen molar-refractivity contribution < 1.29 is 13.9 Å². The van der Waals surface area contributed by atoms with Crippen molar-refractivity contribution in [3.05, 3.63) is 77.6 Å². The van der Waals surface area contributed by atoms with Gasteiger partial charge in [-0.2, -0.15) is 0 Å². The predicted octanol–water partition coefficient (Wildman–Crippen LogP) is 5.30. The van der Waals surface area contributed by atoms with Crippen LogP contribution >= 0.6 is 11.8 Å². The number of ketones is 1. The summed E-state index contributed by atoms with van der Waals surface area (Å²) in [6.45, 7) is 0. The van der Waals surface area contributed by atoms with Gasteiger partial charge >= 0.3 is 0 Å². The number of methoxy groups -OCH3 is 1. The minimum absolute atomic E-state index is 0.126. The number of rotatable bonds is 3. The Morgan fingerprint density at radius 2 is 1.65 bits per heavy atom. The fourth-order valence-electron chi connectivity index (χ4n) is 3.06. The van der Waals surface area contributed by atoms with Gasteiger partial charge in [-0.3, -0.25) is 4.79 Å². The number of anilines is 2. The first-order valence-electron chi connectivity index (χ1n) is 8.11. The van der Waals surface area contributed by atoms with E-state index in [1.807, 2.05) is 31.3 Å². The Labute approximate surface area is 155 Å². The molecule has 5 heteroatoms. The number of carbonyl (C=O) groups excluding carboxylic acids is 1. The van der Waals surface area contributed by atoms with E-state index in [1.54, 1.807) is 23.9 Å². The summed E-state index contributed by atoms with van der Waals surface area (Å²) in [4.78, 5) is 17.0. The van der Waals surface area contributed by atoms with Crippen molar-refractivity contribution in [3.8, 4) is 5.75 Å². The number of hydrogen-bond acceptors (Lipinski definition) is 4. The first-order valence-corrected chi connectivity index (χ1v) is 8.93. The highest BCUT2D eigenvalue weighted by Crippen LogP contribution is 2.47. The van der Waals surface area contributed by atoms with Crippen LogP contribution in [-0.2, 0) is 0 Å². The number of para-hydroxylation sites is 1. The molecule has 3 nitrogen and oxygen atoms in total. The Balaban J connectivity index is 1.70. The van der Waals surface area contributed by atoms with Gasteiger partial charge in [-0.1, -0.05) is 23.9 Å². The van der Waals surface area contributed by atoms with Crippen LogP contribution in [0.15, 0.2) is 70.5 Å². The molecule has 0 saturated carbocycles. The summed E-state index contributed by atoms with van der Waals surface area (Å²) in [5, 5.41) is 0. The summed E-state index contributed by atoms with van der Waals surface area (Å²) in [5.74, 6) is -0.628. The van der Waals surface area contributed by atoms with E-state index in [9.17, 15) is 9.18 Å². The van der Waals surface area contributed by atoms with Crippen molar-refractivity contribution >= 4 is 28.9 Å². The van der Waals surface area contributed by atoms with E-state index in [0.29, 0.717) is 11.1 Å². The van der Waals surface area contributed by atoms with Gasteiger partial charge in [0.1, 0.15) is 0 Å². The van der Waals surface area contributed by atoms with Gasteiger partial charge < -0.3 is 9.64 Å². The zero-order valence-corrected chi connectivity index (χ0v) is 15.1. The fourth-order valence-corrected chi connectivity index (χ4v) is 4.25. The molecule has 0 unspecified atom stereocenters. The third kappa shape index (κ3) is 2.74. The second-order valence-electron chi connectivity index (χ2n) is 5.99. The molecule has 0 aromatic heterocycles. The molecule has 0 amide bonds. The minimum Gasteiger partial charge on any atom is -0.494 e. The molecule has 26 heavy (non-hydrogen) atoms. The largest absolute Gasteiger partial charge is 0.494 e.